The van der Waals surface area contributed by atoms with Crippen molar-refractivity contribution in [2.24, 2.45) is 0 Å². The number of benzene rings is 1. The highest BCUT2D eigenvalue weighted by atomic mass is 32.1. The second-order valence-corrected chi connectivity index (χ2v) is 8.40. The summed E-state index contributed by atoms with van der Waals surface area (Å²) in [5.74, 6) is -0.0834. The molecule has 1 aliphatic heterocycles. The summed E-state index contributed by atoms with van der Waals surface area (Å²) < 4.78 is 1.73. The maximum Gasteiger partial charge on any atom is 0.255 e. The van der Waals surface area contributed by atoms with Crippen molar-refractivity contribution in [2.45, 2.75) is 32.1 Å². The fourth-order valence-electron chi connectivity index (χ4n) is 3.70. The minimum atomic E-state index is -0.204. The number of thiophene rings is 1. The summed E-state index contributed by atoms with van der Waals surface area (Å²) in [6, 6.07) is 13.6. The van der Waals surface area contributed by atoms with E-state index in [2.05, 4.69) is 10.4 Å². The first-order valence-electron chi connectivity index (χ1n) is 10.5. The predicted molar refractivity (Wildman–Crippen MR) is 119 cm³/mol. The number of para-hydroxylation sites is 1. The lowest BCUT2D eigenvalue weighted by Crippen LogP contribution is -2.35. The maximum atomic E-state index is 12.9. The lowest BCUT2D eigenvalue weighted by molar-refractivity contribution is -0.131. The molecule has 7 heteroatoms. The van der Waals surface area contributed by atoms with Crippen molar-refractivity contribution < 1.29 is 9.59 Å². The minimum Gasteiger partial charge on any atom is -0.351 e. The summed E-state index contributed by atoms with van der Waals surface area (Å²) in [5.41, 5.74) is 2.07. The van der Waals surface area contributed by atoms with E-state index < -0.39 is 0 Å². The number of aromatic nitrogens is 2. The van der Waals surface area contributed by atoms with Gasteiger partial charge in [0.25, 0.3) is 5.91 Å². The lowest BCUT2D eigenvalue weighted by atomic mass is 10.2. The smallest absolute Gasteiger partial charge is 0.255 e. The van der Waals surface area contributed by atoms with Gasteiger partial charge in [-0.15, -0.1) is 11.3 Å². The van der Waals surface area contributed by atoms with Gasteiger partial charge in [-0.3, -0.25) is 9.59 Å². The zero-order valence-electron chi connectivity index (χ0n) is 16.9. The van der Waals surface area contributed by atoms with Crippen molar-refractivity contribution >= 4 is 23.2 Å². The average molecular weight is 423 g/mol. The number of nitrogens with one attached hydrogen (secondary N) is 1. The first-order chi connectivity index (χ1) is 14.7. The molecule has 1 N–H and O–H groups in total. The van der Waals surface area contributed by atoms with E-state index in [0.717, 1.165) is 36.5 Å². The molecule has 1 fully saturated rings. The molecule has 2 aromatic heterocycles. The molecule has 0 aliphatic carbocycles. The average Bonchev–Trinajstić information content (AvgIpc) is 3.38. The van der Waals surface area contributed by atoms with Gasteiger partial charge in [0.05, 0.1) is 16.1 Å². The number of rotatable bonds is 6. The zero-order valence-corrected chi connectivity index (χ0v) is 17.7. The Bertz CT molecular complexity index is 974. The first-order valence-corrected chi connectivity index (χ1v) is 11.4. The van der Waals surface area contributed by atoms with E-state index in [0.29, 0.717) is 24.2 Å². The van der Waals surface area contributed by atoms with Crippen LogP contribution in [0, 0.1) is 0 Å². The summed E-state index contributed by atoms with van der Waals surface area (Å²) >= 11 is 1.55. The Hall–Kier alpha value is -2.93. The van der Waals surface area contributed by atoms with Crippen molar-refractivity contribution in [2.75, 3.05) is 19.6 Å². The number of nitrogens with zero attached hydrogens (tertiary/aromatic N) is 3. The van der Waals surface area contributed by atoms with Crippen LogP contribution in [0.2, 0.25) is 0 Å². The molecule has 1 aromatic carbocycles. The topological polar surface area (TPSA) is 67.2 Å². The fraction of sp³-hybridized carbons (Fsp3) is 0.348. The number of carbonyl (C=O) groups is 2. The third-order valence-electron chi connectivity index (χ3n) is 5.32. The van der Waals surface area contributed by atoms with Crippen LogP contribution >= 0.6 is 11.3 Å². The van der Waals surface area contributed by atoms with Crippen LogP contribution in [0.3, 0.4) is 0 Å². The third kappa shape index (κ3) is 4.79. The lowest BCUT2D eigenvalue weighted by Gasteiger charge is -2.20. The molecule has 30 heavy (non-hydrogen) atoms. The number of amides is 2. The molecule has 0 atom stereocenters. The van der Waals surface area contributed by atoms with E-state index in [1.54, 1.807) is 22.2 Å². The van der Waals surface area contributed by atoms with E-state index in [1.807, 2.05) is 52.7 Å². The van der Waals surface area contributed by atoms with Crippen LogP contribution < -0.4 is 5.32 Å². The van der Waals surface area contributed by atoms with Gasteiger partial charge in [-0.25, -0.2) is 4.68 Å². The maximum absolute atomic E-state index is 12.9. The highest BCUT2D eigenvalue weighted by Crippen LogP contribution is 2.27. The van der Waals surface area contributed by atoms with Gasteiger partial charge < -0.3 is 10.2 Å². The van der Waals surface area contributed by atoms with Gasteiger partial charge >= 0.3 is 0 Å². The Morgan fingerprint density at radius 3 is 2.47 bits per heavy atom. The van der Waals surface area contributed by atoms with Gasteiger partial charge in [0.1, 0.15) is 5.69 Å². The molecular weight excluding hydrogens is 396 g/mol. The standard InChI is InChI=1S/C23H26N4O2S/c28-21(26-14-6-1-2-7-15-26)12-13-24-23(29)19-17-27(18-9-4-3-5-10-18)25-22(19)20-11-8-16-30-20/h3-5,8-11,16-17H,1-2,6-7,12-15H2,(H,24,29). The van der Waals surface area contributed by atoms with Crippen molar-refractivity contribution in [1.29, 1.82) is 0 Å². The van der Waals surface area contributed by atoms with Gasteiger partial charge in [-0.2, -0.15) is 5.10 Å². The fourth-order valence-corrected chi connectivity index (χ4v) is 4.43. The van der Waals surface area contributed by atoms with Crippen molar-refractivity contribution in [3.63, 3.8) is 0 Å². The van der Waals surface area contributed by atoms with Crippen LogP contribution in [-0.4, -0.2) is 46.1 Å². The second-order valence-electron chi connectivity index (χ2n) is 7.45. The molecule has 0 radical (unpaired) electrons. The summed E-state index contributed by atoms with van der Waals surface area (Å²) in [6.45, 7) is 1.99. The molecule has 3 aromatic rings. The molecule has 2 amide bonds. The molecule has 0 unspecified atom stereocenters. The third-order valence-corrected chi connectivity index (χ3v) is 6.19. The highest BCUT2D eigenvalue weighted by molar-refractivity contribution is 7.13. The van der Waals surface area contributed by atoms with E-state index in [-0.39, 0.29) is 11.8 Å². The van der Waals surface area contributed by atoms with Gasteiger partial charge in [0.2, 0.25) is 5.91 Å². The number of likely N-dealkylation sites (tertiary alicyclic amines) is 1. The zero-order chi connectivity index (χ0) is 20.8. The molecule has 1 aliphatic rings. The molecule has 0 spiro atoms. The quantitative estimate of drug-likeness (QED) is 0.650. The van der Waals surface area contributed by atoms with E-state index in [9.17, 15) is 9.59 Å². The highest BCUT2D eigenvalue weighted by Gasteiger charge is 2.20. The molecule has 1 saturated heterocycles. The Kier molecular flexibility index (Phi) is 6.59. The van der Waals surface area contributed by atoms with Crippen LogP contribution in [0.25, 0.3) is 16.3 Å². The normalized spacial score (nSPS) is 14.3. The summed E-state index contributed by atoms with van der Waals surface area (Å²) in [4.78, 5) is 28.3. The van der Waals surface area contributed by atoms with E-state index >= 15 is 0 Å². The van der Waals surface area contributed by atoms with Crippen LogP contribution in [0.15, 0.2) is 54.0 Å². The number of carbonyl (C=O) groups excluding carboxylic acids is 2. The largest absolute Gasteiger partial charge is 0.351 e. The molecule has 156 valence electrons. The van der Waals surface area contributed by atoms with Gasteiger partial charge in [0.15, 0.2) is 0 Å². The van der Waals surface area contributed by atoms with Crippen molar-refractivity contribution in [1.82, 2.24) is 20.0 Å². The first kappa shape index (κ1) is 20.3. The van der Waals surface area contributed by atoms with Crippen LogP contribution in [0.1, 0.15) is 42.5 Å². The van der Waals surface area contributed by atoms with E-state index in [4.69, 9.17) is 0 Å². The van der Waals surface area contributed by atoms with Crippen molar-refractivity contribution in [3.8, 4) is 16.3 Å². The Morgan fingerprint density at radius 1 is 1.00 bits per heavy atom. The summed E-state index contributed by atoms with van der Waals surface area (Å²) in [7, 11) is 0. The molecule has 4 rings (SSSR count). The monoisotopic (exact) mass is 422 g/mol. The number of hydrogen-bond donors (Lipinski definition) is 1. The summed E-state index contributed by atoms with van der Waals surface area (Å²) in [5, 5.41) is 9.55. The molecule has 0 saturated carbocycles. The van der Waals surface area contributed by atoms with Crippen LogP contribution in [0.4, 0.5) is 0 Å². The van der Waals surface area contributed by atoms with Crippen molar-refractivity contribution in [3.05, 3.63) is 59.6 Å². The predicted octanol–water partition coefficient (Wildman–Crippen LogP) is 4.12. The molecule has 6 nitrogen and oxygen atoms in total. The summed E-state index contributed by atoms with van der Waals surface area (Å²) in [6.07, 6.45) is 6.61. The SMILES string of the molecule is O=C(NCCC(=O)N1CCCCCC1)c1cn(-c2ccccc2)nc1-c1cccs1. The molecular formula is C23H26N4O2S. The van der Waals surface area contributed by atoms with Gasteiger partial charge in [-0.05, 0) is 36.4 Å². The molecule has 0 bridgehead atoms. The Morgan fingerprint density at radius 2 is 1.77 bits per heavy atom. The minimum absolute atomic E-state index is 0.121. The Labute approximate surface area is 180 Å². The van der Waals surface area contributed by atoms with Crippen LogP contribution in [-0.2, 0) is 4.79 Å². The Balaban J connectivity index is 1.45. The van der Waals surface area contributed by atoms with E-state index in [1.165, 1.54) is 12.8 Å². The van der Waals surface area contributed by atoms with Gasteiger partial charge in [-0.1, -0.05) is 37.1 Å². The van der Waals surface area contributed by atoms with Crippen LogP contribution in [0.5, 0.6) is 0 Å². The van der Waals surface area contributed by atoms with Gasteiger partial charge in [0, 0.05) is 32.3 Å². The molecule has 3 heterocycles. The number of hydrogen-bond acceptors (Lipinski definition) is 4. The second kappa shape index (κ2) is 9.71.